The number of benzene rings is 3. The fourth-order valence-corrected chi connectivity index (χ4v) is 4.20. The molecule has 0 atom stereocenters. The van der Waals surface area contributed by atoms with E-state index in [9.17, 15) is 0 Å². The summed E-state index contributed by atoms with van der Waals surface area (Å²) in [7, 11) is 0. The van der Waals surface area contributed by atoms with Crippen LogP contribution in [0.3, 0.4) is 0 Å². The van der Waals surface area contributed by atoms with Gasteiger partial charge in [0.1, 0.15) is 5.75 Å². The van der Waals surface area contributed by atoms with Gasteiger partial charge in [0.05, 0.1) is 13.2 Å². The number of hydrogen-bond acceptors (Lipinski definition) is 2. The molecule has 3 aromatic carbocycles. The largest absolute Gasteiger partial charge is 0.494 e. The van der Waals surface area contributed by atoms with Gasteiger partial charge in [-0.25, -0.2) is 0 Å². The lowest BCUT2D eigenvalue weighted by molar-refractivity contribution is 0.340. The summed E-state index contributed by atoms with van der Waals surface area (Å²) in [6.45, 7) is 4.69. The van der Waals surface area contributed by atoms with Gasteiger partial charge in [-0.3, -0.25) is 0 Å². The molecule has 0 bridgehead atoms. The van der Waals surface area contributed by atoms with Crippen LogP contribution in [-0.4, -0.2) is 21.2 Å². The first-order valence-electron chi connectivity index (χ1n) is 11.3. The van der Waals surface area contributed by atoms with Crippen LogP contribution in [0.15, 0.2) is 97.2 Å². The van der Waals surface area contributed by atoms with Gasteiger partial charge >= 0.3 is 0 Å². The van der Waals surface area contributed by atoms with Gasteiger partial charge in [0, 0.05) is 35.7 Å². The van der Waals surface area contributed by atoms with Crippen LogP contribution in [-0.2, 0) is 19.6 Å². The van der Waals surface area contributed by atoms with E-state index < -0.39 is 0 Å². The van der Waals surface area contributed by atoms with Crippen molar-refractivity contribution in [3.05, 3.63) is 119 Å². The van der Waals surface area contributed by atoms with Crippen LogP contribution in [0.25, 0.3) is 0 Å². The van der Waals surface area contributed by atoms with Crippen molar-refractivity contribution in [3.63, 3.8) is 0 Å². The molecule has 0 saturated carbocycles. The second-order valence-corrected chi connectivity index (χ2v) is 8.74. The summed E-state index contributed by atoms with van der Waals surface area (Å²) < 4.78 is 7.77. The molecule has 6 heteroatoms. The Bertz CT molecular complexity index is 1210. The zero-order valence-corrected chi connectivity index (χ0v) is 20.7. The Morgan fingerprint density at radius 3 is 2.38 bits per heavy atom. The molecule has 0 aliphatic rings. The predicted octanol–water partition coefficient (Wildman–Crippen LogP) is 6.99. The lowest BCUT2D eigenvalue weighted by Crippen LogP contribution is -2.34. The Balaban J connectivity index is 1.53. The molecule has 0 spiro atoms. The molecule has 0 fully saturated rings. The summed E-state index contributed by atoms with van der Waals surface area (Å²) in [5.41, 5.74) is 4.37. The summed E-state index contributed by atoms with van der Waals surface area (Å²) in [6, 6.07) is 30.4. The van der Waals surface area contributed by atoms with E-state index in [-0.39, 0.29) is 0 Å². The summed E-state index contributed by atoms with van der Waals surface area (Å²) in [6.07, 6.45) is 2.09. The van der Waals surface area contributed by atoms with Crippen molar-refractivity contribution >= 4 is 34.6 Å². The van der Waals surface area contributed by atoms with Gasteiger partial charge in [-0.05, 0) is 72.7 Å². The van der Waals surface area contributed by atoms with Gasteiger partial charge in [-0.1, -0.05) is 60.1 Å². The number of anilines is 1. The van der Waals surface area contributed by atoms with Gasteiger partial charge < -0.3 is 19.5 Å². The molecule has 0 saturated heterocycles. The molecule has 174 valence electrons. The standard InChI is InChI=1S/C28H28ClN3OS/c1-2-33-26-16-14-24(15-17-26)30-28(34)32(19-22-9-4-3-5-10-22)21-25-12-8-18-31(25)20-23-11-6-7-13-27(23)29/h3-18H,2,19-21H2,1H3,(H,30,34). The molecule has 1 aromatic heterocycles. The van der Waals surface area contributed by atoms with E-state index in [2.05, 4.69) is 63.4 Å². The normalized spacial score (nSPS) is 10.6. The van der Waals surface area contributed by atoms with Gasteiger partial charge in [-0.15, -0.1) is 0 Å². The van der Waals surface area contributed by atoms with E-state index in [1.54, 1.807) is 0 Å². The van der Waals surface area contributed by atoms with Crippen molar-refractivity contribution in [1.29, 1.82) is 0 Å². The maximum atomic E-state index is 6.41. The number of hydrogen-bond donors (Lipinski definition) is 1. The second-order valence-electron chi connectivity index (χ2n) is 7.95. The van der Waals surface area contributed by atoms with Crippen LogP contribution in [0, 0.1) is 0 Å². The molecule has 0 radical (unpaired) electrons. The van der Waals surface area contributed by atoms with Crippen molar-refractivity contribution in [2.75, 3.05) is 11.9 Å². The number of nitrogens with zero attached hydrogens (tertiary/aromatic N) is 2. The Kier molecular flexibility index (Phi) is 8.23. The smallest absolute Gasteiger partial charge is 0.174 e. The first kappa shape index (κ1) is 23.9. The minimum Gasteiger partial charge on any atom is -0.494 e. The van der Waals surface area contributed by atoms with E-state index in [4.69, 9.17) is 28.6 Å². The summed E-state index contributed by atoms with van der Waals surface area (Å²) in [5.74, 6) is 0.845. The van der Waals surface area contributed by atoms with Crippen molar-refractivity contribution in [2.45, 2.75) is 26.6 Å². The topological polar surface area (TPSA) is 29.4 Å². The van der Waals surface area contributed by atoms with E-state index in [1.807, 2.05) is 55.5 Å². The first-order chi connectivity index (χ1) is 16.6. The maximum Gasteiger partial charge on any atom is 0.174 e. The van der Waals surface area contributed by atoms with E-state index >= 15 is 0 Å². The molecule has 0 aliphatic heterocycles. The molecule has 0 amide bonds. The SMILES string of the molecule is CCOc1ccc(NC(=S)N(Cc2ccccc2)Cc2cccn2Cc2ccccc2Cl)cc1. The highest BCUT2D eigenvalue weighted by Crippen LogP contribution is 2.20. The summed E-state index contributed by atoms with van der Waals surface area (Å²) >= 11 is 12.3. The van der Waals surface area contributed by atoms with Gasteiger partial charge in [0.25, 0.3) is 0 Å². The van der Waals surface area contributed by atoms with Crippen LogP contribution in [0.2, 0.25) is 5.02 Å². The molecule has 0 unspecified atom stereocenters. The van der Waals surface area contributed by atoms with Crippen molar-refractivity contribution in [3.8, 4) is 5.75 Å². The summed E-state index contributed by atoms with van der Waals surface area (Å²) in [5, 5.41) is 4.83. The molecule has 34 heavy (non-hydrogen) atoms. The molecule has 4 rings (SSSR count). The number of ether oxygens (including phenoxy) is 1. The van der Waals surface area contributed by atoms with Gasteiger partial charge in [0.2, 0.25) is 0 Å². The zero-order valence-electron chi connectivity index (χ0n) is 19.2. The van der Waals surface area contributed by atoms with E-state index in [0.29, 0.717) is 31.4 Å². The maximum absolute atomic E-state index is 6.41. The quantitative estimate of drug-likeness (QED) is 0.256. The minimum absolute atomic E-state index is 0.643. The Labute approximate surface area is 211 Å². The Morgan fingerprint density at radius 1 is 0.912 bits per heavy atom. The van der Waals surface area contributed by atoms with Crippen molar-refractivity contribution in [2.24, 2.45) is 0 Å². The van der Waals surface area contributed by atoms with Crippen molar-refractivity contribution < 1.29 is 4.74 Å². The third kappa shape index (κ3) is 6.40. The first-order valence-corrected chi connectivity index (χ1v) is 12.1. The number of halogens is 1. The van der Waals surface area contributed by atoms with Crippen LogP contribution in [0.5, 0.6) is 5.75 Å². The zero-order chi connectivity index (χ0) is 23.8. The van der Waals surface area contributed by atoms with Gasteiger partial charge in [0.15, 0.2) is 5.11 Å². The lowest BCUT2D eigenvalue weighted by atomic mass is 10.2. The fraction of sp³-hybridized carbons (Fsp3) is 0.179. The monoisotopic (exact) mass is 489 g/mol. The predicted molar refractivity (Wildman–Crippen MR) is 145 cm³/mol. The minimum atomic E-state index is 0.643. The Morgan fingerprint density at radius 2 is 1.65 bits per heavy atom. The summed E-state index contributed by atoms with van der Waals surface area (Å²) in [4.78, 5) is 2.18. The molecule has 4 nitrogen and oxygen atoms in total. The number of aromatic nitrogens is 1. The molecule has 1 N–H and O–H groups in total. The van der Waals surface area contributed by atoms with E-state index in [1.165, 1.54) is 5.56 Å². The van der Waals surface area contributed by atoms with E-state index in [0.717, 1.165) is 27.7 Å². The average Bonchev–Trinajstić information content (AvgIpc) is 3.29. The third-order valence-corrected chi connectivity index (χ3v) is 6.22. The molecule has 4 aromatic rings. The highest BCUT2D eigenvalue weighted by atomic mass is 35.5. The molecule has 0 aliphatic carbocycles. The van der Waals surface area contributed by atoms with Crippen molar-refractivity contribution in [1.82, 2.24) is 9.47 Å². The van der Waals surface area contributed by atoms with Crippen LogP contribution in [0.4, 0.5) is 5.69 Å². The molecule has 1 heterocycles. The van der Waals surface area contributed by atoms with Gasteiger partial charge in [-0.2, -0.15) is 0 Å². The van der Waals surface area contributed by atoms with Crippen LogP contribution >= 0.6 is 23.8 Å². The Hall–Kier alpha value is -3.28. The lowest BCUT2D eigenvalue weighted by Gasteiger charge is -2.27. The average molecular weight is 490 g/mol. The third-order valence-electron chi connectivity index (χ3n) is 5.49. The number of thiocarbonyl (C=S) groups is 1. The van der Waals surface area contributed by atoms with Crippen LogP contribution in [0.1, 0.15) is 23.7 Å². The second kappa shape index (κ2) is 11.7. The number of nitrogens with one attached hydrogen (secondary N) is 1. The number of rotatable bonds is 9. The fourth-order valence-electron chi connectivity index (χ4n) is 3.76. The highest BCUT2D eigenvalue weighted by molar-refractivity contribution is 7.80. The molecular formula is C28H28ClN3OS. The molecular weight excluding hydrogens is 462 g/mol. The highest BCUT2D eigenvalue weighted by Gasteiger charge is 2.15. The van der Waals surface area contributed by atoms with Crippen LogP contribution < -0.4 is 10.1 Å².